The monoisotopic (exact) mass is 368 g/mol. The van der Waals surface area contributed by atoms with Gasteiger partial charge < -0.3 is 14.8 Å². The quantitative estimate of drug-likeness (QED) is 0.816. The SMILES string of the molecule is COc1ccc(N2C(=O)CCC2C(=O)NCCc2cccc(OC)c2)cc1. The number of ether oxygens (including phenoxy) is 2. The maximum absolute atomic E-state index is 12.7. The lowest BCUT2D eigenvalue weighted by molar-refractivity contribution is -0.123. The van der Waals surface area contributed by atoms with Gasteiger partial charge in [-0.2, -0.15) is 0 Å². The molecular weight excluding hydrogens is 344 g/mol. The normalized spacial score (nSPS) is 16.3. The summed E-state index contributed by atoms with van der Waals surface area (Å²) in [6.45, 7) is 0.507. The lowest BCUT2D eigenvalue weighted by Crippen LogP contribution is -2.45. The molecule has 1 fully saturated rings. The van der Waals surface area contributed by atoms with Gasteiger partial charge >= 0.3 is 0 Å². The van der Waals surface area contributed by atoms with E-state index in [-0.39, 0.29) is 11.8 Å². The van der Waals surface area contributed by atoms with Crippen molar-refractivity contribution in [1.82, 2.24) is 5.32 Å². The van der Waals surface area contributed by atoms with E-state index in [1.165, 1.54) is 0 Å². The fourth-order valence-electron chi connectivity index (χ4n) is 3.27. The van der Waals surface area contributed by atoms with Crippen LogP contribution in [-0.4, -0.2) is 38.6 Å². The van der Waals surface area contributed by atoms with E-state index in [0.717, 1.165) is 11.3 Å². The van der Waals surface area contributed by atoms with E-state index in [4.69, 9.17) is 9.47 Å². The molecule has 2 aromatic carbocycles. The van der Waals surface area contributed by atoms with Gasteiger partial charge in [0.1, 0.15) is 17.5 Å². The second-order valence-corrected chi connectivity index (χ2v) is 6.41. The third-order valence-corrected chi connectivity index (χ3v) is 4.71. The Balaban J connectivity index is 1.61. The Kier molecular flexibility index (Phi) is 5.96. The Morgan fingerprint density at radius 3 is 2.56 bits per heavy atom. The Morgan fingerprint density at radius 2 is 1.85 bits per heavy atom. The van der Waals surface area contributed by atoms with E-state index in [2.05, 4.69) is 5.32 Å². The van der Waals surface area contributed by atoms with Crippen LogP contribution in [0.25, 0.3) is 0 Å². The van der Waals surface area contributed by atoms with E-state index < -0.39 is 6.04 Å². The van der Waals surface area contributed by atoms with Crippen LogP contribution in [0.1, 0.15) is 18.4 Å². The molecule has 27 heavy (non-hydrogen) atoms. The Morgan fingerprint density at radius 1 is 1.11 bits per heavy atom. The summed E-state index contributed by atoms with van der Waals surface area (Å²) in [5.41, 5.74) is 1.80. The van der Waals surface area contributed by atoms with Crippen LogP contribution in [0.3, 0.4) is 0 Å². The molecule has 1 unspecified atom stereocenters. The predicted molar refractivity (Wildman–Crippen MR) is 103 cm³/mol. The van der Waals surface area contributed by atoms with Gasteiger partial charge in [0.15, 0.2) is 0 Å². The number of carbonyl (C=O) groups excluding carboxylic acids is 2. The van der Waals surface area contributed by atoms with Crippen LogP contribution in [0, 0.1) is 0 Å². The molecule has 0 bridgehead atoms. The minimum Gasteiger partial charge on any atom is -0.497 e. The predicted octanol–water partition coefficient (Wildman–Crippen LogP) is 2.56. The van der Waals surface area contributed by atoms with Crippen molar-refractivity contribution in [2.75, 3.05) is 25.7 Å². The number of carbonyl (C=O) groups is 2. The van der Waals surface area contributed by atoms with Gasteiger partial charge in [0.25, 0.3) is 0 Å². The number of amides is 2. The lowest BCUT2D eigenvalue weighted by Gasteiger charge is -2.24. The minimum atomic E-state index is -0.476. The molecule has 1 aliphatic heterocycles. The number of nitrogens with zero attached hydrogens (tertiary/aromatic N) is 1. The maximum Gasteiger partial charge on any atom is 0.243 e. The fourth-order valence-corrected chi connectivity index (χ4v) is 3.27. The molecule has 2 aromatic rings. The number of hydrogen-bond donors (Lipinski definition) is 1. The number of benzene rings is 2. The Hall–Kier alpha value is -3.02. The number of hydrogen-bond acceptors (Lipinski definition) is 4. The highest BCUT2D eigenvalue weighted by molar-refractivity contribution is 6.03. The molecular formula is C21H24N2O4. The molecule has 1 aliphatic rings. The van der Waals surface area contributed by atoms with Crippen molar-refractivity contribution in [1.29, 1.82) is 0 Å². The first-order valence-corrected chi connectivity index (χ1v) is 8.99. The summed E-state index contributed by atoms with van der Waals surface area (Å²) in [4.78, 5) is 26.6. The maximum atomic E-state index is 12.7. The molecule has 1 heterocycles. The summed E-state index contributed by atoms with van der Waals surface area (Å²) in [5, 5.41) is 2.96. The van der Waals surface area contributed by atoms with Crippen LogP contribution >= 0.6 is 0 Å². The van der Waals surface area contributed by atoms with E-state index in [0.29, 0.717) is 37.2 Å². The topological polar surface area (TPSA) is 67.9 Å². The highest BCUT2D eigenvalue weighted by Crippen LogP contribution is 2.28. The molecule has 6 heteroatoms. The highest BCUT2D eigenvalue weighted by atomic mass is 16.5. The summed E-state index contributed by atoms with van der Waals surface area (Å²) < 4.78 is 10.4. The van der Waals surface area contributed by atoms with Crippen molar-refractivity contribution in [3.63, 3.8) is 0 Å². The first-order chi connectivity index (χ1) is 13.1. The molecule has 6 nitrogen and oxygen atoms in total. The zero-order chi connectivity index (χ0) is 19.2. The van der Waals surface area contributed by atoms with Crippen LogP contribution in [0.4, 0.5) is 5.69 Å². The zero-order valence-electron chi connectivity index (χ0n) is 15.6. The number of nitrogens with one attached hydrogen (secondary N) is 1. The molecule has 0 saturated carbocycles. The van der Waals surface area contributed by atoms with E-state index >= 15 is 0 Å². The van der Waals surface area contributed by atoms with Gasteiger partial charge in [-0.3, -0.25) is 14.5 Å². The molecule has 3 rings (SSSR count). The Bertz CT molecular complexity index is 804. The minimum absolute atomic E-state index is 0.0342. The van der Waals surface area contributed by atoms with Crippen molar-refractivity contribution in [2.24, 2.45) is 0 Å². The highest BCUT2D eigenvalue weighted by Gasteiger charge is 2.36. The van der Waals surface area contributed by atoms with Crippen LogP contribution < -0.4 is 19.7 Å². The van der Waals surface area contributed by atoms with Gasteiger partial charge in [-0.05, 0) is 54.8 Å². The smallest absolute Gasteiger partial charge is 0.243 e. The van der Waals surface area contributed by atoms with E-state index in [1.807, 2.05) is 24.3 Å². The first kappa shape index (κ1) is 18.8. The first-order valence-electron chi connectivity index (χ1n) is 8.99. The van der Waals surface area contributed by atoms with Crippen molar-refractivity contribution in [3.8, 4) is 11.5 Å². The molecule has 1 saturated heterocycles. The number of methoxy groups -OCH3 is 2. The molecule has 0 spiro atoms. The van der Waals surface area contributed by atoms with Gasteiger partial charge in [-0.15, -0.1) is 0 Å². The van der Waals surface area contributed by atoms with Crippen molar-refractivity contribution in [3.05, 3.63) is 54.1 Å². The third kappa shape index (κ3) is 4.39. The van der Waals surface area contributed by atoms with E-state index in [9.17, 15) is 9.59 Å². The average molecular weight is 368 g/mol. The molecule has 2 amide bonds. The molecule has 1 atom stereocenters. The zero-order valence-corrected chi connectivity index (χ0v) is 15.6. The van der Waals surface area contributed by atoms with Gasteiger partial charge in [-0.1, -0.05) is 12.1 Å². The van der Waals surface area contributed by atoms with Crippen LogP contribution in [-0.2, 0) is 16.0 Å². The van der Waals surface area contributed by atoms with Gasteiger partial charge in [0.05, 0.1) is 14.2 Å². The van der Waals surface area contributed by atoms with Crippen LogP contribution in [0.15, 0.2) is 48.5 Å². The molecule has 0 aliphatic carbocycles. The average Bonchev–Trinajstić information content (AvgIpc) is 3.09. The molecule has 0 aromatic heterocycles. The standard InChI is InChI=1S/C21H24N2O4/c1-26-17-8-6-16(7-9-17)23-19(10-11-20(23)24)21(25)22-13-12-15-4-3-5-18(14-15)27-2/h3-9,14,19H,10-13H2,1-2H3,(H,22,25). The lowest BCUT2D eigenvalue weighted by atomic mass is 10.1. The second kappa shape index (κ2) is 8.58. The largest absolute Gasteiger partial charge is 0.497 e. The van der Waals surface area contributed by atoms with Gasteiger partial charge in [0.2, 0.25) is 11.8 Å². The number of anilines is 1. The van der Waals surface area contributed by atoms with Crippen LogP contribution in [0.2, 0.25) is 0 Å². The summed E-state index contributed by atoms with van der Waals surface area (Å²) in [6, 6.07) is 14.5. The summed E-state index contributed by atoms with van der Waals surface area (Å²) in [7, 11) is 3.22. The molecule has 0 radical (unpaired) electrons. The fraction of sp³-hybridized carbons (Fsp3) is 0.333. The second-order valence-electron chi connectivity index (χ2n) is 6.41. The number of rotatable bonds is 7. The summed E-state index contributed by atoms with van der Waals surface area (Å²) in [5.74, 6) is 1.35. The van der Waals surface area contributed by atoms with Crippen molar-refractivity contribution >= 4 is 17.5 Å². The van der Waals surface area contributed by atoms with E-state index in [1.54, 1.807) is 43.4 Å². The summed E-state index contributed by atoms with van der Waals surface area (Å²) in [6.07, 6.45) is 1.60. The van der Waals surface area contributed by atoms with Gasteiger partial charge in [0, 0.05) is 18.7 Å². The van der Waals surface area contributed by atoms with Crippen LogP contribution in [0.5, 0.6) is 11.5 Å². The molecule has 1 N–H and O–H groups in total. The summed E-state index contributed by atoms with van der Waals surface area (Å²) >= 11 is 0. The van der Waals surface area contributed by atoms with Crippen molar-refractivity contribution in [2.45, 2.75) is 25.3 Å². The molecule has 142 valence electrons. The van der Waals surface area contributed by atoms with Crippen molar-refractivity contribution < 1.29 is 19.1 Å². The Labute approximate surface area is 159 Å². The third-order valence-electron chi connectivity index (χ3n) is 4.71. The van der Waals surface area contributed by atoms with Gasteiger partial charge in [-0.25, -0.2) is 0 Å².